The van der Waals surface area contributed by atoms with Crippen LogP contribution in [0.15, 0.2) is 102 Å². The first-order valence-electron chi connectivity index (χ1n) is 9.90. The Morgan fingerprint density at radius 2 is 1.50 bits per heavy atom. The van der Waals surface area contributed by atoms with Crippen LogP contribution in [0.1, 0.15) is 24.1 Å². The fraction of sp³-hybridized carbons (Fsp3) is 0.120. The van der Waals surface area contributed by atoms with Gasteiger partial charge in [-0.15, -0.1) is 0 Å². The molecule has 4 aromatic carbocycles. The summed E-state index contributed by atoms with van der Waals surface area (Å²) in [5, 5.41) is 5.39. The van der Waals surface area contributed by atoms with Crippen molar-refractivity contribution in [1.29, 1.82) is 0 Å². The van der Waals surface area contributed by atoms with E-state index in [9.17, 15) is 8.42 Å². The van der Waals surface area contributed by atoms with Crippen molar-refractivity contribution in [3.05, 3.63) is 108 Å². The van der Waals surface area contributed by atoms with Crippen LogP contribution in [-0.2, 0) is 16.6 Å². The lowest BCUT2D eigenvalue weighted by Crippen LogP contribution is -2.18. The highest BCUT2D eigenvalue weighted by molar-refractivity contribution is 7.92. The minimum atomic E-state index is -3.67. The van der Waals surface area contributed by atoms with Crippen molar-refractivity contribution in [2.24, 2.45) is 0 Å². The molecule has 30 heavy (non-hydrogen) atoms. The molecule has 0 heterocycles. The molecule has 0 bridgehead atoms. The Morgan fingerprint density at radius 1 is 0.767 bits per heavy atom. The van der Waals surface area contributed by atoms with E-state index in [1.54, 1.807) is 18.2 Å². The summed E-state index contributed by atoms with van der Waals surface area (Å²) < 4.78 is 28.5. The van der Waals surface area contributed by atoms with Gasteiger partial charge in [0.2, 0.25) is 0 Å². The summed E-state index contributed by atoms with van der Waals surface area (Å²) in [6.45, 7) is 2.75. The van der Waals surface area contributed by atoms with E-state index < -0.39 is 10.0 Å². The molecule has 0 aliphatic heterocycles. The molecule has 0 saturated carbocycles. The van der Waals surface area contributed by atoms with Crippen molar-refractivity contribution >= 4 is 26.5 Å². The van der Waals surface area contributed by atoms with Gasteiger partial charge in [0, 0.05) is 18.3 Å². The Labute approximate surface area is 177 Å². The van der Waals surface area contributed by atoms with Gasteiger partial charge < -0.3 is 5.32 Å². The quantitative estimate of drug-likeness (QED) is 0.419. The smallest absolute Gasteiger partial charge is 0.261 e. The highest BCUT2D eigenvalue weighted by Crippen LogP contribution is 2.22. The van der Waals surface area contributed by atoms with Gasteiger partial charge in [-0.1, -0.05) is 72.8 Å². The van der Waals surface area contributed by atoms with Crippen molar-refractivity contribution in [2.75, 3.05) is 4.72 Å². The summed E-state index contributed by atoms with van der Waals surface area (Å²) in [5.74, 6) is 0. The lowest BCUT2D eigenvalue weighted by molar-refractivity contribution is 0.575. The molecule has 4 aromatic rings. The number of hydrogen-bond donors (Lipinski definition) is 2. The third kappa shape index (κ3) is 4.70. The average molecular weight is 417 g/mol. The number of sulfonamides is 1. The van der Waals surface area contributed by atoms with Crippen molar-refractivity contribution in [1.82, 2.24) is 5.32 Å². The Balaban J connectivity index is 1.47. The second kappa shape index (κ2) is 8.69. The number of rotatable bonds is 7. The fourth-order valence-electron chi connectivity index (χ4n) is 3.42. The summed E-state index contributed by atoms with van der Waals surface area (Å²) in [6, 6.07) is 30.8. The third-order valence-corrected chi connectivity index (χ3v) is 6.50. The van der Waals surface area contributed by atoms with Crippen LogP contribution in [0.4, 0.5) is 5.69 Å². The normalized spacial score (nSPS) is 12.6. The minimum absolute atomic E-state index is 0.198. The van der Waals surface area contributed by atoms with E-state index in [1.807, 2.05) is 66.7 Å². The van der Waals surface area contributed by atoms with Crippen molar-refractivity contribution in [2.45, 2.75) is 24.4 Å². The molecule has 0 radical (unpaired) electrons. The Morgan fingerprint density at radius 3 is 2.30 bits per heavy atom. The second-order valence-electron chi connectivity index (χ2n) is 7.33. The van der Waals surface area contributed by atoms with Crippen LogP contribution in [0.3, 0.4) is 0 Å². The number of anilines is 1. The van der Waals surface area contributed by atoms with Gasteiger partial charge in [0.1, 0.15) is 0 Å². The molecular formula is C25H24N2O2S. The Hall–Kier alpha value is -3.15. The molecule has 4 rings (SSSR count). The molecule has 1 unspecified atom stereocenters. The van der Waals surface area contributed by atoms with Crippen molar-refractivity contribution in [3.8, 4) is 0 Å². The summed E-state index contributed by atoms with van der Waals surface area (Å²) in [5.41, 5.74) is 2.77. The molecule has 0 fully saturated rings. The molecule has 0 aliphatic rings. The number of fused-ring (bicyclic) bond motifs is 1. The molecule has 0 amide bonds. The van der Waals surface area contributed by atoms with E-state index in [1.165, 1.54) is 5.56 Å². The number of hydrogen-bond acceptors (Lipinski definition) is 3. The summed E-state index contributed by atoms with van der Waals surface area (Å²) >= 11 is 0. The largest absolute Gasteiger partial charge is 0.306 e. The molecule has 1 atom stereocenters. The molecule has 0 aromatic heterocycles. The first-order chi connectivity index (χ1) is 14.5. The average Bonchev–Trinajstić information content (AvgIpc) is 2.77. The second-order valence-corrected chi connectivity index (χ2v) is 9.01. The van der Waals surface area contributed by atoms with Gasteiger partial charge >= 0.3 is 0 Å². The Bertz CT molecular complexity index is 1250. The van der Waals surface area contributed by atoms with E-state index in [4.69, 9.17) is 0 Å². The van der Waals surface area contributed by atoms with Crippen LogP contribution < -0.4 is 10.0 Å². The van der Waals surface area contributed by atoms with Crippen LogP contribution in [-0.4, -0.2) is 8.42 Å². The maximum Gasteiger partial charge on any atom is 0.261 e. The minimum Gasteiger partial charge on any atom is -0.306 e. The molecular weight excluding hydrogens is 392 g/mol. The lowest BCUT2D eigenvalue weighted by Gasteiger charge is -2.15. The molecule has 152 valence electrons. The van der Waals surface area contributed by atoms with Gasteiger partial charge in [0.05, 0.1) is 4.90 Å². The lowest BCUT2D eigenvalue weighted by atomic mass is 10.1. The topological polar surface area (TPSA) is 58.2 Å². The molecule has 0 saturated heterocycles. The first kappa shape index (κ1) is 20.1. The molecule has 5 heteroatoms. The fourth-order valence-corrected chi connectivity index (χ4v) is 4.51. The van der Waals surface area contributed by atoms with Crippen LogP contribution in [0.25, 0.3) is 10.8 Å². The third-order valence-electron chi connectivity index (χ3n) is 5.12. The van der Waals surface area contributed by atoms with Crippen molar-refractivity contribution < 1.29 is 8.42 Å². The van der Waals surface area contributed by atoms with Gasteiger partial charge in [-0.3, -0.25) is 4.72 Å². The first-order valence-corrected chi connectivity index (χ1v) is 11.4. The number of benzene rings is 4. The SMILES string of the molecule is CC(NCc1cccc(NS(=O)(=O)c2ccc3ccccc3c2)c1)c1ccccc1. The van der Waals surface area contributed by atoms with Crippen LogP contribution in [0, 0.1) is 0 Å². The number of nitrogens with one attached hydrogen (secondary N) is 2. The predicted octanol–water partition coefficient (Wildman–Crippen LogP) is 5.49. The van der Waals surface area contributed by atoms with E-state index in [0.29, 0.717) is 12.2 Å². The maximum atomic E-state index is 12.9. The van der Waals surface area contributed by atoms with Crippen LogP contribution in [0.2, 0.25) is 0 Å². The summed E-state index contributed by atoms with van der Waals surface area (Å²) in [6.07, 6.45) is 0. The zero-order chi connectivity index (χ0) is 21.0. The highest BCUT2D eigenvalue weighted by atomic mass is 32.2. The Kier molecular flexibility index (Phi) is 5.84. The van der Waals surface area contributed by atoms with E-state index >= 15 is 0 Å². The summed E-state index contributed by atoms with van der Waals surface area (Å²) in [7, 11) is -3.67. The van der Waals surface area contributed by atoms with Crippen LogP contribution in [0.5, 0.6) is 0 Å². The predicted molar refractivity (Wildman–Crippen MR) is 123 cm³/mol. The van der Waals surface area contributed by atoms with Gasteiger partial charge in [-0.25, -0.2) is 8.42 Å². The highest BCUT2D eigenvalue weighted by Gasteiger charge is 2.15. The van der Waals surface area contributed by atoms with Gasteiger partial charge in [-0.05, 0) is 53.1 Å². The van der Waals surface area contributed by atoms with E-state index in [0.717, 1.165) is 16.3 Å². The van der Waals surface area contributed by atoms with Gasteiger partial charge in [-0.2, -0.15) is 0 Å². The summed E-state index contributed by atoms with van der Waals surface area (Å²) in [4.78, 5) is 0.252. The van der Waals surface area contributed by atoms with E-state index in [2.05, 4.69) is 29.1 Å². The van der Waals surface area contributed by atoms with Gasteiger partial charge in [0.15, 0.2) is 0 Å². The molecule has 0 spiro atoms. The van der Waals surface area contributed by atoms with E-state index in [-0.39, 0.29) is 10.9 Å². The zero-order valence-corrected chi connectivity index (χ0v) is 17.6. The molecule has 0 aliphatic carbocycles. The molecule has 2 N–H and O–H groups in total. The molecule has 4 nitrogen and oxygen atoms in total. The van der Waals surface area contributed by atoms with Crippen LogP contribution >= 0.6 is 0 Å². The maximum absolute atomic E-state index is 12.9. The zero-order valence-electron chi connectivity index (χ0n) is 16.7. The standard InChI is InChI=1S/C25H24N2O2S/c1-19(21-9-3-2-4-10-21)26-18-20-8-7-13-24(16-20)27-30(28,29)25-15-14-22-11-5-6-12-23(22)17-25/h2-17,19,26-27H,18H2,1H3. The van der Waals surface area contributed by atoms with Crippen molar-refractivity contribution in [3.63, 3.8) is 0 Å². The van der Waals surface area contributed by atoms with Gasteiger partial charge in [0.25, 0.3) is 10.0 Å². The monoisotopic (exact) mass is 416 g/mol.